The summed E-state index contributed by atoms with van der Waals surface area (Å²) in [5.41, 5.74) is 4.52. The van der Waals surface area contributed by atoms with Gasteiger partial charge in [-0.15, -0.1) is 0 Å². The summed E-state index contributed by atoms with van der Waals surface area (Å²) in [6.07, 6.45) is 0. The zero-order valence-corrected chi connectivity index (χ0v) is 9.51. The number of hydrogen-bond acceptors (Lipinski definition) is 5. The average molecular weight is 246 g/mol. The maximum atomic E-state index is 12.3. The molecular formula is C12H10N2O4. The molecule has 1 amide bonds. The first-order valence-corrected chi connectivity index (χ1v) is 5.30. The summed E-state index contributed by atoms with van der Waals surface area (Å²) in [5.74, 6) is -2.49. The van der Waals surface area contributed by atoms with Gasteiger partial charge in [-0.25, -0.2) is 0 Å². The number of benzene rings is 1. The third-order valence-electron chi connectivity index (χ3n) is 3.28. The van der Waals surface area contributed by atoms with Crippen LogP contribution in [-0.4, -0.2) is 23.8 Å². The van der Waals surface area contributed by atoms with E-state index >= 15 is 0 Å². The van der Waals surface area contributed by atoms with E-state index in [1.165, 1.54) is 11.9 Å². The Morgan fingerprint density at radius 1 is 1.33 bits per heavy atom. The second-order valence-corrected chi connectivity index (χ2v) is 4.21. The lowest BCUT2D eigenvalue weighted by Crippen LogP contribution is -2.44. The number of ketones is 1. The van der Waals surface area contributed by atoms with Crippen LogP contribution in [0, 0.1) is 0 Å². The third kappa shape index (κ3) is 0.935. The molecule has 3 rings (SSSR count). The maximum Gasteiger partial charge on any atom is 0.284 e. The Labute approximate surface area is 102 Å². The average Bonchev–Trinajstić information content (AvgIpc) is 2.73. The first kappa shape index (κ1) is 10.6. The van der Waals surface area contributed by atoms with Gasteiger partial charge >= 0.3 is 0 Å². The van der Waals surface area contributed by atoms with Crippen LogP contribution in [0.1, 0.15) is 5.56 Å². The van der Waals surface area contributed by atoms with Gasteiger partial charge in [-0.1, -0.05) is 18.2 Å². The number of carbonyl (C=O) groups is 2. The number of para-hydroxylation sites is 1. The number of likely N-dealkylation sites (N-methyl/N-ethyl adjacent to an activating group) is 1. The Bertz CT molecular complexity index is 622. The fourth-order valence-electron chi connectivity index (χ4n) is 2.38. The number of rotatable bonds is 0. The molecule has 0 aliphatic carbocycles. The minimum Gasteiger partial charge on any atom is -0.501 e. The molecule has 1 atom stereocenters. The molecule has 1 aromatic rings. The predicted octanol–water partition coefficient (Wildman–Crippen LogP) is 0.143. The van der Waals surface area contributed by atoms with Crippen molar-refractivity contribution in [1.82, 2.24) is 0 Å². The lowest BCUT2D eigenvalue weighted by molar-refractivity contribution is -0.147. The van der Waals surface area contributed by atoms with E-state index in [1.54, 1.807) is 24.3 Å². The molecule has 0 bridgehead atoms. The van der Waals surface area contributed by atoms with Gasteiger partial charge in [0, 0.05) is 12.6 Å². The first-order chi connectivity index (χ1) is 8.50. The number of carbonyl (C=O) groups excluding carboxylic acids is 2. The highest BCUT2D eigenvalue weighted by Crippen LogP contribution is 2.47. The Morgan fingerprint density at radius 3 is 2.61 bits per heavy atom. The van der Waals surface area contributed by atoms with E-state index in [0.29, 0.717) is 11.3 Å². The molecule has 0 aromatic heterocycles. The zero-order chi connectivity index (χ0) is 13.1. The molecule has 2 aliphatic rings. The summed E-state index contributed by atoms with van der Waals surface area (Å²) < 4.78 is 5.21. The first-order valence-electron chi connectivity index (χ1n) is 5.30. The fraction of sp³-hybridized carbons (Fsp3) is 0.167. The second kappa shape index (κ2) is 3.04. The molecule has 0 saturated heterocycles. The number of fused-ring (bicyclic) bond motifs is 2. The molecule has 0 unspecified atom stereocenters. The van der Waals surface area contributed by atoms with E-state index in [2.05, 4.69) is 0 Å². The smallest absolute Gasteiger partial charge is 0.284 e. The minimum absolute atomic E-state index is 0.398. The Kier molecular flexibility index (Phi) is 1.80. The van der Waals surface area contributed by atoms with Gasteiger partial charge in [0.15, 0.2) is 0 Å². The molecule has 2 aliphatic heterocycles. The van der Waals surface area contributed by atoms with E-state index < -0.39 is 28.9 Å². The van der Waals surface area contributed by atoms with Crippen molar-refractivity contribution < 1.29 is 19.4 Å². The van der Waals surface area contributed by atoms with Gasteiger partial charge in [0.1, 0.15) is 0 Å². The Hall–Kier alpha value is -2.50. The number of nitrogens with zero attached hydrogens (tertiary/aromatic N) is 1. The zero-order valence-electron chi connectivity index (χ0n) is 9.51. The monoisotopic (exact) mass is 246 g/mol. The van der Waals surface area contributed by atoms with Crippen LogP contribution in [0.15, 0.2) is 35.9 Å². The summed E-state index contributed by atoms with van der Waals surface area (Å²) >= 11 is 0. The molecule has 0 fully saturated rings. The van der Waals surface area contributed by atoms with Gasteiger partial charge in [-0.3, -0.25) is 9.59 Å². The Balaban J connectivity index is 2.27. The molecule has 18 heavy (non-hydrogen) atoms. The largest absolute Gasteiger partial charge is 0.501 e. The number of amides is 1. The molecule has 1 spiro atoms. The van der Waals surface area contributed by atoms with Crippen LogP contribution < -0.4 is 10.6 Å². The summed E-state index contributed by atoms with van der Waals surface area (Å²) in [6.45, 7) is 0. The van der Waals surface area contributed by atoms with Crippen LogP contribution in [0.4, 0.5) is 5.69 Å². The standard InChI is InChI=1S/C12H10N2O4/c1-14-7-5-3-2-4-6(7)12(11(14)17)9(16)8(15)10(13)18-12/h2-5,15H,13H2,1H3/t12-/m0/s1. The topological polar surface area (TPSA) is 92.9 Å². The van der Waals surface area contributed by atoms with Gasteiger partial charge in [0.25, 0.3) is 17.3 Å². The quantitative estimate of drug-likeness (QED) is 0.635. The third-order valence-corrected chi connectivity index (χ3v) is 3.28. The van der Waals surface area contributed by atoms with Gasteiger partial charge in [0.2, 0.25) is 11.6 Å². The molecule has 92 valence electrons. The molecule has 6 heteroatoms. The van der Waals surface area contributed by atoms with E-state index in [4.69, 9.17) is 10.5 Å². The summed E-state index contributed by atoms with van der Waals surface area (Å²) in [7, 11) is 1.54. The van der Waals surface area contributed by atoms with Gasteiger partial charge in [-0.05, 0) is 6.07 Å². The number of aliphatic hydroxyl groups is 1. The maximum absolute atomic E-state index is 12.3. The molecule has 3 N–H and O–H groups in total. The van der Waals surface area contributed by atoms with Crippen molar-refractivity contribution in [2.24, 2.45) is 5.73 Å². The summed E-state index contributed by atoms with van der Waals surface area (Å²) in [6, 6.07) is 6.75. The molecule has 0 saturated carbocycles. The molecule has 6 nitrogen and oxygen atoms in total. The van der Waals surface area contributed by atoms with Crippen molar-refractivity contribution >= 4 is 17.4 Å². The van der Waals surface area contributed by atoms with Crippen LogP contribution in [-0.2, 0) is 19.9 Å². The second-order valence-electron chi connectivity index (χ2n) is 4.21. The van der Waals surface area contributed by atoms with Crippen molar-refractivity contribution in [1.29, 1.82) is 0 Å². The fourth-order valence-corrected chi connectivity index (χ4v) is 2.38. The van der Waals surface area contributed by atoms with Crippen molar-refractivity contribution in [2.45, 2.75) is 5.60 Å². The number of nitrogens with two attached hydrogens (primary N) is 1. The molecule has 0 radical (unpaired) electrons. The number of ether oxygens (including phenoxy) is 1. The van der Waals surface area contributed by atoms with Crippen molar-refractivity contribution in [3.05, 3.63) is 41.5 Å². The van der Waals surface area contributed by atoms with E-state index in [-0.39, 0.29) is 0 Å². The predicted molar refractivity (Wildman–Crippen MR) is 61.5 cm³/mol. The minimum atomic E-state index is -1.85. The Morgan fingerprint density at radius 2 is 2.00 bits per heavy atom. The van der Waals surface area contributed by atoms with Gasteiger partial charge < -0.3 is 20.5 Å². The van der Waals surface area contributed by atoms with E-state index in [0.717, 1.165) is 0 Å². The molecular weight excluding hydrogens is 236 g/mol. The number of hydrogen-bond donors (Lipinski definition) is 2. The van der Waals surface area contributed by atoms with Crippen molar-refractivity contribution in [3.8, 4) is 0 Å². The van der Waals surface area contributed by atoms with Crippen LogP contribution in [0.3, 0.4) is 0 Å². The number of anilines is 1. The van der Waals surface area contributed by atoms with Gasteiger partial charge in [-0.2, -0.15) is 0 Å². The molecule has 1 aromatic carbocycles. The van der Waals surface area contributed by atoms with Crippen molar-refractivity contribution in [3.63, 3.8) is 0 Å². The van der Waals surface area contributed by atoms with Crippen molar-refractivity contribution in [2.75, 3.05) is 11.9 Å². The lowest BCUT2D eigenvalue weighted by Gasteiger charge is -2.20. The van der Waals surface area contributed by atoms with Crippen LogP contribution >= 0.6 is 0 Å². The molecule has 2 heterocycles. The lowest BCUT2D eigenvalue weighted by atomic mass is 9.91. The summed E-state index contributed by atoms with van der Waals surface area (Å²) in [5, 5.41) is 9.53. The van der Waals surface area contributed by atoms with Crippen LogP contribution in [0.5, 0.6) is 0 Å². The van der Waals surface area contributed by atoms with E-state index in [1.807, 2.05) is 0 Å². The number of Topliss-reactive ketones (excluding diaryl/α,β-unsaturated/α-hetero) is 1. The van der Waals surface area contributed by atoms with Gasteiger partial charge in [0.05, 0.1) is 5.69 Å². The number of aliphatic hydroxyl groups excluding tert-OH is 1. The van der Waals surface area contributed by atoms with Crippen LogP contribution in [0.25, 0.3) is 0 Å². The highest BCUT2D eigenvalue weighted by molar-refractivity contribution is 6.25. The highest BCUT2D eigenvalue weighted by atomic mass is 16.5. The van der Waals surface area contributed by atoms with E-state index in [9.17, 15) is 14.7 Å². The normalized spacial score (nSPS) is 25.9. The summed E-state index contributed by atoms with van der Waals surface area (Å²) in [4.78, 5) is 25.7. The SMILES string of the molecule is CN1C(=O)[C@]2(OC(N)=C(O)C2=O)c2ccccc21. The van der Waals surface area contributed by atoms with Crippen LogP contribution in [0.2, 0.25) is 0 Å². The highest BCUT2D eigenvalue weighted by Gasteiger charge is 2.63.